The number of likely N-dealkylation sites (tertiary alicyclic amines) is 1. The number of furan rings is 1. The molecule has 0 saturated carbocycles. The standard InChI is InChI=1S/C25H27N7O2/c1-15(2)31-12-20-10-19(31)13-32(20)18-5-3-4-17(9-18)29-24-25-27-6-7-30(25)21(11-28-24)16-8-22(23(26)33)34-14-16/h3-9,11,14-15,19-20H,10,12-13H2,1-2H3,(H2,26,33)(H,28,29). The molecule has 3 aromatic heterocycles. The number of carbonyl (C=O) groups is 1. The topological polar surface area (TPSA) is 105 Å². The van der Waals surface area contributed by atoms with Gasteiger partial charge in [0, 0.05) is 60.5 Å². The van der Waals surface area contributed by atoms with E-state index in [1.54, 1.807) is 18.5 Å². The van der Waals surface area contributed by atoms with Crippen molar-refractivity contribution in [3.63, 3.8) is 0 Å². The summed E-state index contributed by atoms with van der Waals surface area (Å²) in [5, 5.41) is 3.44. The fourth-order valence-corrected chi connectivity index (χ4v) is 5.37. The number of amides is 1. The summed E-state index contributed by atoms with van der Waals surface area (Å²) in [6, 6.07) is 11.9. The third kappa shape index (κ3) is 3.40. The number of nitrogens with one attached hydrogen (secondary N) is 1. The van der Waals surface area contributed by atoms with Crippen LogP contribution in [-0.4, -0.2) is 56.4 Å². The first-order valence-electron chi connectivity index (χ1n) is 11.6. The summed E-state index contributed by atoms with van der Waals surface area (Å²) in [4.78, 5) is 25.7. The number of piperazine rings is 1. The lowest BCUT2D eigenvalue weighted by atomic mass is 10.2. The van der Waals surface area contributed by atoms with E-state index in [2.05, 4.69) is 57.1 Å². The molecular formula is C25H27N7O2. The number of primary amides is 1. The van der Waals surface area contributed by atoms with Gasteiger partial charge in [0.2, 0.25) is 0 Å². The Balaban J connectivity index is 1.26. The molecule has 1 amide bonds. The van der Waals surface area contributed by atoms with Gasteiger partial charge in [-0.25, -0.2) is 9.97 Å². The van der Waals surface area contributed by atoms with Crippen molar-refractivity contribution in [2.75, 3.05) is 23.3 Å². The molecule has 9 nitrogen and oxygen atoms in total. The summed E-state index contributed by atoms with van der Waals surface area (Å²) in [7, 11) is 0. The van der Waals surface area contributed by atoms with Gasteiger partial charge in [-0.05, 0) is 44.5 Å². The fraction of sp³-hybridized carbons (Fsp3) is 0.320. The van der Waals surface area contributed by atoms with Crippen LogP contribution in [0, 0.1) is 0 Å². The average Bonchev–Trinajstić information content (AvgIpc) is 3.62. The number of nitrogens with two attached hydrogens (primary N) is 1. The Morgan fingerprint density at radius 1 is 1.21 bits per heavy atom. The number of hydrogen-bond donors (Lipinski definition) is 2. The Bertz CT molecular complexity index is 1370. The van der Waals surface area contributed by atoms with Gasteiger partial charge >= 0.3 is 0 Å². The number of anilines is 3. The van der Waals surface area contributed by atoms with Crippen molar-refractivity contribution in [2.45, 2.75) is 38.4 Å². The third-order valence-electron chi connectivity index (χ3n) is 6.95. The van der Waals surface area contributed by atoms with Crippen molar-refractivity contribution in [3.05, 3.63) is 60.9 Å². The monoisotopic (exact) mass is 457 g/mol. The van der Waals surface area contributed by atoms with E-state index in [9.17, 15) is 4.79 Å². The third-order valence-corrected chi connectivity index (χ3v) is 6.95. The van der Waals surface area contributed by atoms with Crippen molar-refractivity contribution in [3.8, 4) is 11.3 Å². The molecule has 2 fully saturated rings. The minimum Gasteiger partial charge on any atom is -0.458 e. The van der Waals surface area contributed by atoms with Gasteiger partial charge in [-0.15, -0.1) is 0 Å². The van der Waals surface area contributed by atoms with E-state index in [1.807, 2.05) is 16.7 Å². The van der Waals surface area contributed by atoms with Gasteiger partial charge in [-0.3, -0.25) is 14.1 Å². The molecule has 2 saturated heterocycles. The molecule has 174 valence electrons. The highest BCUT2D eigenvalue weighted by Gasteiger charge is 2.43. The molecule has 0 aliphatic carbocycles. The van der Waals surface area contributed by atoms with Gasteiger partial charge in [0.25, 0.3) is 5.91 Å². The lowest BCUT2D eigenvalue weighted by Crippen LogP contribution is -2.48. The van der Waals surface area contributed by atoms with Crippen LogP contribution in [0.3, 0.4) is 0 Å². The SMILES string of the molecule is CC(C)N1CC2CC1CN2c1cccc(Nc2ncc(-c3coc(C(N)=O)c3)n3ccnc23)c1. The number of rotatable bonds is 6. The first-order chi connectivity index (χ1) is 16.5. The van der Waals surface area contributed by atoms with Crippen LogP contribution < -0.4 is 16.0 Å². The molecule has 3 N–H and O–H groups in total. The van der Waals surface area contributed by atoms with Crippen LogP contribution in [0.1, 0.15) is 30.8 Å². The molecule has 2 unspecified atom stereocenters. The second-order valence-corrected chi connectivity index (χ2v) is 9.34. The Hall–Kier alpha value is -3.85. The second kappa shape index (κ2) is 7.88. The average molecular weight is 458 g/mol. The maximum absolute atomic E-state index is 11.4. The van der Waals surface area contributed by atoms with Gasteiger partial charge in [-0.1, -0.05) is 6.07 Å². The first-order valence-corrected chi connectivity index (χ1v) is 11.6. The van der Waals surface area contributed by atoms with Crippen LogP contribution in [0.4, 0.5) is 17.2 Å². The van der Waals surface area contributed by atoms with E-state index in [1.165, 1.54) is 18.4 Å². The number of aromatic nitrogens is 3. The summed E-state index contributed by atoms with van der Waals surface area (Å²) in [5.74, 6) is 0.148. The first kappa shape index (κ1) is 20.7. The minimum atomic E-state index is -0.609. The summed E-state index contributed by atoms with van der Waals surface area (Å²) < 4.78 is 7.19. The van der Waals surface area contributed by atoms with Gasteiger partial charge in [0.15, 0.2) is 17.2 Å². The van der Waals surface area contributed by atoms with Crippen molar-refractivity contribution in [1.82, 2.24) is 19.3 Å². The molecule has 2 aliphatic heterocycles. The zero-order chi connectivity index (χ0) is 23.4. The highest BCUT2D eigenvalue weighted by atomic mass is 16.3. The van der Waals surface area contributed by atoms with Crippen LogP contribution in [0.5, 0.6) is 0 Å². The molecule has 2 atom stereocenters. The number of imidazole rings is 1. The quantitative estimate of drug-likeness (QED) is 0.457. The molecule has 9 heteroatoms. The molecule has 34 heavy (non-hydrogen) atoms. The summed E-state index contributed by atoms with van der Waals surface area (Å²) in [5.41, 5.74) is 9.66. The molecule has 2 aliphatic rings. The van der Waals surface area contributed by atoms with Crippen LogP contribution in [0.2, 0.25) is 0 Å². The molecule has 0 spiro atoms. The number of carbonyl (C=O) groups excluding carboxylic acids is 1. The van der Waals surface area contributed by atoms with Crippen LogP contribution in [-0.2, 0) is 0 Å². The van der Waals surface area contributed by atoms with Crippen LogP contribution in [0.15, 0.2) is 59.6 Å². The number of fused-ring (bicyclic) bond motifs is 3. The Kier molecular flexibility index (Phi) is 4.80. The largest absolute Gasteiger partial charge is 0.458 e. The van der Waals surface area contributed by atoms with E-state index in [0.717, 1.165) is 24.5 Å². The van der Waals surface area contributed by atoms with E-state index in [-0.39, 0.29) is 5.76 Å². The predicted octanol–water partition coefficient (Wildman–Crippen LogP) is 3.50. The lowest BCUT2D eigenvalue weighted by molar-refractivity contribution is 0.0974. The molecule has 6 rings (SSSR count). The smallest absolute Gasteiger partial charge is 0.284 e. The van der Waals surface area contributed by atoms with Crippen molar-refractivity contribution >= 4 is 28.7 Å². The van der Waals surface area contributed by atoms with Crippen molar-refractivity contribution < 1.29 is 9.21 Å². The summed E-state index contributed by atoms with van der Waals surface area (Å²) in [6.45, 7) is 6.77. The molecule has 2 bridgehead atoms. The van der Waals surface area contributed by atoms with Crippen molar-refractivity contribution in [1.29, 1.82) is 0 Å². The van der Waals surface area contributed by atoms with Gasteiger partial charge in [0.05, 0.1) is 11.9 Å². The van der Waals surface area contributed by atoms with Crippen molar-refractivity contribution in [2.24, 2.45) is 5.73 Å². The maximum Gasteiger partial charge on any atom is 0.284 e. The Labute approximate surface area is 197 Å². The second-order valence-electron chi connectivity index (χ2n) is 9.34. The van der Waals surface area contributed by atoms with Gasteiger partial charge in [-0.2, -0.15) is 0 Å². The van der Waals surface area contributed by atoms with Gasteiger partial charge in [0.1, 0.15) is 6.26 Å². The fourth-order valence-electron chi connectivity index (χ4n) is 5.37. The maximum atomic E-state index is 11.4. The zero-order valence-electron chi connectivity index (χ0n) is 19.2. The Morgan fingerprint density at radius 2 is 2.09 bits per heavy atom. The highest BCUT2D eigenvalue weighted by molar-refractivity contribution is 5.91. The predicted molar refractivity (Wildman–Crippen MR) is 130 cm³/mol. The van der Waals surface area contributed by atoms with E-state index in [4.69, 9.17) is 10.2 Å². The lowest BCUT2D eigenvalue weighted by Gasteiger charge is -2.37. The highest BCUT2D eigenvalue weighted by Crippen LogP contribution is 2.37. The molecule has 4 aromatic rings. The summed E-state index contributed by atoms with van der Waals surface area (Å²) >= 11 is 0. The number of hydrogen-bond acceptors (Lipinski definition) is 7. The molecular weight excluding hydrogens is 430 g/mol. The normalized spacial score (nSPS) is 20.0. The van der Waals surface area contributed by atoms with Crippen LogP contribution in [0.25, 0.3) is 16.9 Å². The summed E-state index contributed by atoms with van der Waals surface area (Å²) in [6.07, 6.45) is 8.04. The van der Waals surface area contributed by atoms with E-state index < -0.39 is 5.91 Å². The Morgan fingerprint density at radius 3 is 2.82 bits per heavy atom. The zero-order valence-corrected chi connectivity index (χ0v) is 19.2. The van der Waals surface area contributed by atoms with Crippen LogP contribution >= 0.6 is 0 Å². The number of benzene rings is 1. The molecule has 5 heterocycles. The van der Waals surface area contributed by atoms with E-state index in [0.29, 0.717) is 35.2 Å². The molecule has 0 radical (unpaired) electrons. The minimum absolute atomic E-state index is 0.106. The van der Waals surface area contributed by atoms with E-state index >= 15 is 0 Å². The van der Waals surface area contributed by atoms with Gasteiger partial charge < -0.3 is 20.4 Å². The number of nitrogens with zero attached hydrogens (tertiary/aromatic N) is 5. The molecule has 1 aromatic carbocycles.